The molecular formula is C15H11Br2ClN2O. The summed E-state index contributed by atoms with van der Waals surface area (Å²) in [7, 11) is 0. The fourth-order valence-corrected chi connectivity index (χ4v) is 3.38. The average Bonchev–Trinajstić information content (AvgIpc) is 2.89. The molecule has 3 aromatic rings. The molecule has 2 aromatic carbocycles. The first-order chi connectivity index (χ1) is 9.97. The number of hydrogen-bond donors (Lipinski definition) is 1. The molecule has 0 aliphatic heterocycles. The highest BCUT2D eigenvalue weighted by molar-refractivity contribution is 9.11. The molecule has 0 unspecified atom stereocenters. The summed E-state index contributed by atoms with van der Waals surface area (Å²) in [5.41, 5.74) is 10.2. The molecule has 0 saturated carbocycles. The molecular weight excluding hydrogens is 419 g/mol. The predicted octanol–water partition coefficient (Wildman–Crippen LogP) is 5.49. The van der Waals surface area contributed by atoms with E-state index in [0.717, 1.165) is 31.2 Å². The van der Waals surface area contributed by atoms with Gasteiger partial charge in [-0.3, -0.25) is 0 Å². The minimum Gasteiger partial charge on any atom is -0.440 e. The predicted molar refractivity (Wildman–Crippen MR) is 92.8 cm³/mol. The van der Waals surface area contributed by atoms with Crippen LogP contribution >= 0.6 is 43.5 Å². The van der Waals surface area contributed by atoms with Gasteiger partial charge < -0.3 is 10.2 Å². The molecule has 0 amide bonds. The number of halogens is 3. The van der Waals surface area contributed by atoms with Gasteiger partial charge in [0.2, 0.25) is 0 Å². The van der Waals surface area contributed by atoms with Gasteiger partial charge in [-0.05, 0) is 56.5 Å². The summed E-state index contributed by atoms with van der Waals surface area (Å²) in [4.78, 5) is 4.55. The lowest BCUT2D eigenvalue weighted by Gasteiger charge is -2.05. The largest absolute Gasteiger partial charge is 0.440 e. The van der Waals surface area contributed by atoms with E-state index in [9.17, 15) is 0 Å². The van der Waals surface area contributed by atoms with Gasteiger partial charge in [0, 0.05) is 21.5 Å². The van der Waals surface area contributed by atoms with Gasteiger partial charge in [-0.1, -0.05) is 23.7 Å². The second kappa shape index (κ2) is 5.63. The summed E-state index contributed by atoms with van der Waals surface area (Å²) < 4.78 is 7.47. The van der Waals surface area contributed by atoms with Crippen LogP contribution in [-0.2, 0) is 6.42 Å². The summed E-state index contributed by atoms with van der Waals surface area (Å²) in [5, 5.41) is 0.714. The van der Waals surface area contributed by atoms with E-state index in [0.29, 0.717) is 23.0 Å². The van der Waals surface area contributed by atoms with E-state index in [1.54, 1.807) is 0 Å². The monoisotopic (exact) mass is 428 g/mol. The molecule has 0 atom stereocenters. The Morgan fingerprint density at radius 3 is 2.52 bits per heavy atom. The van der Waals surface area contributed by atoms with Crippen molar-refractivity contribution in [2.75, 3.05) is 5.73 Å². The lowest BCUT2D eigenvalue weighted by molar-refractivity contribution is 0.542. The highest BCUT2D eigenvalue weighted by atomic mass is 79.9. The van der Waals surface area contributed by atoms with Gasteiger partial charge in [0.15, 0.2) is 11.5 Å². The van der Waals surface area contributed by atoms with Crippen molar-refractivity contribution in [1.29, 1.82) is 0 Å². The fourth-order valence-electron chi connectivity index (χ4n) is 2.15. The molecule has 108 valence electrons. The number of aromatic nitrogens is 1. The molecule has 1 heterocycles. The lowest BCUT2D eigenvalue weighted by atomic mass is 10.1. The molecule has 2 N–H and O–H groups in total. The van der Waals surface area contributed by atoms with Gasteiger partial charge in [-0.15, -0.1) is 0 Å². The summed E-state index contributed by atoms with van der Waals surface area (Å²) in [6.45, 7) is 1.95. The minimum atomic E-state index is 0.606. The first-order valence-corrected chi connectivity index (χ1v) is 8.20. The molecule has 0 aliphatic rings. The Morgan fingerprint density at radius 1 is 1.19 bits per heavy atom. The number of nitrogens with zero attached hydrogens (tertiary/aromatic N) is 1. The first-order valence-electron chi connectivity index (χ1n) is 6.24. The molecule has 0 bridgehead atoms. The van der Waals surface area contributed by atoms with Gasteiger partial charge in [0.05, 0.1) is 10.2 Å². The van der Waals surface area contributed by atoms with Gasteiger partial charge in [-0.25, -0.2) is 4.98 Å². The van der Waals surface area contributed by atoms with Gasteiger partial charge in [0.25, 0.3) is 0 Å². The molecule has 0 radical (unpaired) electrons. The number of aryl methyl sites for hydroxylation is 1. The molecule has 1 aromatic heterocycles. The summed E-state index contributed by atoms with van der Waals surface area (Å²) >= 11 is 12.8. The second-order valence-electron chi connectivity index (χ2n) is 4.76. The van der Waals surface area contributed by atoms with Crippen molar-refractivity contribution in [2.45, 2.75) is 13.3 Å². The highest BCUT2D eigenvalue weighted by Crippen LogP contribution is 2.39. The van der Waals surface area contributed by atoms with Crippen LogP contribution in [0.3, 0.4) is 0 Å². The number of fused-ring (bicyclic) bond motifs is 1. The zero-order valence-electron chi connectivity index (χ0n) is 11.1. The molecule has 3 nitrogen and oxygen atoms in total. The van der Waals surface area contributed by atoms with Crippen LogP contribution in [0.4, 0.5) is 5.69 Å². The van der Waals surface area contributed by atoms with E-state index in [-0.39, 0.29) is 0 Å². The van der Waals surface area contributed by atoms with Crippen molar-refractivity contribution in [3.8, 4) is 0 Å². The molecule has 0 spiro atoms. The van der Waals surface area contributed by atoms with Gasteiger partial charge in [0.1, 0.15) is 5.52 Å². The molecule has 21 heavy (non-hydrogen) atoms. The number of oxazole rings is 1. The summed E-state index contributed by atoms with van der Waals surface area (Å²) in [6.07, 6.45) is 0.606. The minimum absolute atomic E-state index is 0.606. The Kier molecular flexibility index (Phi) is 3.99. The zero-order valence-corrected chi connectivity index (χ0v) is 15.0. The maximum absolute atomic E-state index is 6.04. The number of nitrogens with two attached hydrogens (primary N) is 1. The topological polar surface area (TPSA) is 52.0 Å². The van der Waals surface area contributed by atoms with E-state index in [1.807, 2.05) is 31.2 Å². The maximum atomic E-state index is 6.04. The van der Waals surface area contributed by atoms with Crippen molar-refractivity contribution in [1.82, 2.24) is 4.98 Å². The van der Waals surface area contributed by atoms with Gasteiger partial charge in [-0.2, -0.15) is 0 Å². The standard InChI is InChI=1S/C15H11Br2ClN2O/c1-7-11(16)13(19)12(17)14-15(7)21-10(20-14)6-8-2-4-9(18)5-3-8/h2-5H,6,19H2,1H3. The molecule has 6 heteroatoms. The van der Waals surface area contributed by atoms with E-state index in [2.05, 4.69) is 36.8 Å². The summed E-state index contributed by atoms with van der Waals surface area (Å²) in [6, 6.07) is 7.64. The van der Waals surface area contributed by atoms with Gasteiger partial charge >= 0.3 is 0 Å². The first kappa shape index (κ1) is 14.9. The average molecular weight is 431 g/mol. The van der Waals surface area contributed by atoms with E-state index in [4.69, 9.17) is 21.8 Å². The number of hydrogen-bond acceptors (Lipinski definition) is 3. The highest BCUT2D eigenvalue weighted by Gasteiger charge is 2.18. The number of anilines is 1. The Balaban J connectivity index is 2.07. The van der Waals surface area contributed by atoms with Crippen molar-refractivity contribution < 1.29 is 4.42 Å². The molecule has 3 rings (SSSR count). The van der Waals surface area contributed by atoms with Crippen LogP contribution < -0.4 is 5.73 Å². The Labute approximate surface area is 143 Å². The van der Waals surface area contributed by atoms with Crippen LogP contribution in [0, 0.1) is 6.92 Å². The van der Waals surface area contributed by atoms with Crippen LogP contribution in [-0.4, -0.2) is 4.98 Å². The maximum Gasteiger partial charge on any atom is 0.199 e. The van der Waals surface area contributed by atoms with Crippen molar-refractivity contribution in [3.05, 3.63) is 55.3 Å². The van der Waals surface area contributed by atoms with Crippen LogP contribution in [0.1, 0.15) is 17.0 Å². The normalized spacial score (nSPS) is 11.2. The number of benzene rings is 2. The van der Waals surface area contributed by atoms with Crippen molar-refractivity contribution >= 4 is 60.2 Å². The smallest absolute Gasteiger partial charge is 0.199 e. The van der Waals surface area contributed by atoms with Crippen LogP contribution in [0.2, 0.25) is 5.02 Å². The quantitative estimate of drug-likeness (QED) is 0.547. The fraction of sp³-hybridized carbons (Fsp3) is 0.133. The molecule has 0 saturated heterocycles. The van der Waals surface area contributed by atoms with Crippen molar-refractivity contribution in [2.24, 2.45) is 0 Å². The molecule has 0 aliphatic carbocycles. The Hall–Kier alpha value is -1.04. The van der Waals surface area contributed by atoms with Crippen LogP contribution in [0.15, 0.2) is 37.6 Å². The van der Waals surface area contributed by atoms with Crippen LogP contribution in [0.5, 0.6) is 0 Å². The SMILES string of the molecule is Cc1c(Br)c(N)c(Br)c2nc(Cc3ccc(Cl)cc3)oc12. The molecule has 0 fully saturated rings. The second-order valence-corrected chi connectivity index (χ2v) is 6.78. The number of nitrogen functional groups attached to an aromatic ring is 1. The van der Waals surface area contributed by atoms with Crippen LogP contribution in [0.25, 0.3) is 11.1 Å². The third-order valence-corrected chi connectivity index (χ3v) is 5.37. The lowest BCUT2D eigenvalue weighted by Crippen LogP contribution is -1.92. The summed E-state index contributed by atoms with van der Waals surface area (Å²) in [5.74, 6) is 0.647. The van der Waals surface area contributed by atoms with E-state index < -0.39 is 0 Å². The van der Waals surface area contributed by atoms with E-state index >= 15 is 0 Å². The van der Waals surface area contributed by atoms with E-state index in [1.165, 1.54) is 0 Å². The zero-order chi connectivity index (χ0) is 15.1. The van der Waals surface area contributed by atoms with Crippen molar-refractivity contribution in [3.63, 3.8) is 0 Å². The third kappa shape index (κ3) is 2.70. The Bertz CT molecular complexity index is 783. The number of rotatable bonds is 2. The Morgan fingerprint density at radius 2 is 1.86 bits per heavy atom. The third-order valence-electron chi connectivity index (χ3n) is 3.29.